The Morgan fingerprint density at radius 3 is 1.39 bits per heavy atom. The Hall–Kier alpha value is -2.10. The average molecular weight is 475 g/mol. The summed E-state index contributed by atoms with van der Waals surface area (Å²) in [6.07, 6.45) is -11.7. The lowest BCUT2D eigenvalue weighted by Crippen LogP contribution is -2.58. The summed E-state index contributed by atoms with van der Waals surface area (Å²) in [6.45, 7) is 0. The molecular weight excluding hydrogens is 458 g/mol. The fourth-order valence-electron chi connectivity index (χ4n) is 2.71. The molecule has 0 saturated heterocycles. The van der Waals surface area contributed by atoms with Gasteiger partial charge >= 0.3 is 12.4 Å². The highest BCUT2D eigenvalue weighted by Crippen LogP contribution is 2.46. The van der Waals surface area contributed by atoms with Crippen molar-refractivity contribution in [2.45, 2.75) is 37.5 Å². The van der Waals surface area contributed by atoms with Gasteiger partial charge in [-0.2, -0.15) is 26.3 Å². The summed E-state index contributed by atoms with van der Waals surface area (Å²) in [6, 6.07) is 25.5. The molecule has 3 rings (SSSR count). The SMILES string of the molecule is OC(CSc1ccc([S+](c2ccccc2)c2ccccc2)cc1)(C(F)(F)F)C(F)(F)F. The molecule has 0 heterocycles. The highest BCUT2D eigenvalue weighted by atomic mass is 32.2. The molecule has 1 N–H and O–H groups in total. The molecule has 0 fully saturated rings. The highest BCUT2D eigenvalue weighted by molar-refractivity contribution is 7.99. The fourth-order valence-corrected chi connectivity index (χ4v) is 5.82. The molecule has 164 valence electrons. The average Bonchev–Trinajstić information content (AvgIpc) is 2.73. The van der Waals surface area contributed by atoms with E-state index in [2.05, 4.69) is 0 Å². The summed E-state index contributed by atoms with van der Waals surface area (Å²) in [5, 5.41) is 9.32. The van der Waals surface area contributed by atoms with Gasteiger partial charge in [-0.3, -0.25) is 0 Å². The van der Waals surface area contributed by atoms with Gasteiger partial charge in [-0.1, -0.05) is 36.4 Å². The summed E-state index contributed by atoms with van der Waals surface area (Å²) in [5.41, 5.74) is -4.78. The Morgan fingerprint density at radius 2 is 1.00 bits per heavy atom. The summed E-state index contributed by atoms with van der Waals surface area (Å²) in [4.78, 5) is 3.11. The summed E-state index contributed by atoms with van der Waals surface area (Å²) >= 11 is 0.306. The molecule has 0 aliphatic rings. The molecule has 31 heavy (non-hydrogen) atoms. The lowest BCUT2D eigenvalue weighted by atomic mass is 10.1. The van der Waals surface area contributed by atoms with Gasteiger partial charge in [-0.25, -0.2) is 0 Å². The van der Waals surface area contributed by atoms with E-state index in [1.807, 2.05) is 60.7 Å². The van der Waals surface area contributed by atoms with Crippen molar-refractivity contribution in [1.29, 1.82) is 0 Å². The first-order chi connectivity index (χ1) is 14.5. The van der Waals surface area contributed by atoms with Crippen LogP contribution in [0, 0.1) is 0 Å². The van der Waals surface area contributed by atoms with Crippen molar-refractivity contribution in [3.8, 4) is 0 Å². The van der Waals surface area contributed by atoms with Crippen molar-refractivity contribution in [3.05, 3.63) is 84.9 Å². The molecule has 3 aromatic rings. The normalized spacial score (nSPS) is 12.9. The Balaban J connectivity index is 1.86. The van der Waals surface area contributed by atoms with Crippen molar-refractivity contribution in [1.82, 2.24) is 0 Å². The largest absolute Gasteiger partial charge is 0.427 e. The van der Waals surface area contributed by atoms with E-state index in [1.54, 1.807) is 12.1 Å². The van der Waals surface area contributed by atoms with Gasteiger partial charge in [0.1, 0.15) is 0 Å². The first kappa shape index (κ1) is 23.6. The maximum Gasteiger partial charge on any atom is 0.427 e. The number of rotatable bonds is 6. The van der Waals surface area contributed by atoms with E-state index >= 15 is 0 Å². The van der Waals surface area contributed by atoms with Crippen molar-refractivity contribution in [3.63, 3.8) is 0 Å². The molecule has 0 amide bonds. The van der Waals surface area contributed by atoms with Gasteiger partial charge in [0.25, 0.3) is 5.60 Å². The van der Waals surface area contributed by atoms with Crippen molar-refractivity contribution in [2.24, 2.45) is 0 Å². The number of benzene rings is 3. The maximum absolute atomic E-state index is 12.9. The lowest BCUT2D eigenvalue weighted by molar-refractivity contribution is -0.358. The topological polar surface area (TPSA) is 20.2 Å². The number of thioether (sulfide) groups is 1. The first-order valence-corrected chi connectivity index (χ1v) is 11.2. The second-order valence-corrected chi connectivity index (χ2v) is 9.62. The van der Waals surface area contributed by atoms with E-state index in [4.69, 9.17) is 0 Å². The molecule has 0 bridgehead atoms. The minimum Gasteiger partial charge on any atom is -0.373 e. The smallest absolute Gasteiger partial charge is 0.373 e. The quantitative estimate of drug-likeness (QED) is 0.242. The third-order valence-corrected chi connectivity index (χ3v) is 7.80. The van der Waals surface area contributed by atoms with Crippen LogP contribution in [0.3, 0.4) is 0 Å². The Labute approximate surface area is 182 Å². The minimum absolute atomic E-state index is 0.195. The van der Waals surface area contributed by atoms with E-state index in [1.165, 1.54) is 12.1 Å². The zero-order valence-electron chi connectivity index (χ0n) is 15.8. The summed E-state index contributed by atoms with van der Waals surface area (Å²) < 4.78 is 77.2. The lowest BCUT2D eigenvalue weighted by Gasteiger charge is -2.31. The molecule has 0 aliphatic heterocycles. The number of halogens is 6. The molecule has 0 aliphatic carbocycles. The molecular formula is C22H17F6OS2+. The zero-order chi connectivity index (χ0) is 22.7. The number of hydrogen-bond donors (Lipinski definition) is 1. The van der Waals surface area contributed by atoms with Gasteiger partial charge < -0.3 is 5.11 Å². The van der Waals surface area contributed by atoms with Crippen LogP contribution in [0.25, 0.3) is 0 Å². The van der Waals surface area contributed by atoms with Crippen LogP contribution in [0.15, 0.2) is 105 Å². The summed E-state index contributed by atoms with van der Waals surface area (Å²) in [5.74, 6) is -1.58. The molecule has 0 atom stereocenters. The van der Waals surface area contributed by atoms with Gasteiger partial charge in [0, 0.05) is 10.6 Å². The molecule has 3 aromatic carbocycles. The van der Waals surface area contributed by atoms with Crippen LogP contribution in [0.1, 0.15) is 0 Å². The van der Waals surface area contributed by atoms with Gasteiger partial charge in [0.05, 0.1) is 10.9 Å². The maximum atomic E-state index is 12.9. The second-order valence-electron chi connectivity index (χ2n) is 6.55. The van der Waals surface area contributed by atoms with Crippen LogP contribution in [0.5, 0.6) is 0 Å². The van der Waals surface area contributed by atoms with Crippen LogP contribution in [-0.4, -0.2) is 28.8 Å². The molecule has 0 radical (unpaired) electrons. The van der Waals surface area contributed by atoms with Crippen LogP contribution in [0.4, 0.5) is 26.3 Å². The van der Waals surface area contributed by atoms with E-state index in [0.717, 1.165) is 14.7 Å². The Kier molecular flexibility index (Phi) is 6.98. The third kappa shape index (κ3) is 5.22. The van der Waals surface area contributed by atoms with Crippen molar-refractivity contribution >= 4 is 22.7 Å². The molecule has 0 spiro atoms. The van der Waals surface area contributed by atoms with Crippen LogP contribution in [0.2, 0.25) is 0 Å². The van der Waals surface area contributed by atoms with Gasteiger partial charge in [-0.15, -0.1) is 11.8 Å². The Bertz CT molecular complexity index is 919. The van der Waals surface area contributed by atoms with Crippen molar-refractivity contribution < 1.29 is 31.4 Å². The van der Waals surface area contributed by atoms with E-state index in [0.29, 0.717) is 11.8 Å². The van der Waals surface area contributed by atoms with Gasteiger partial charge in [0.2, 0.25) is 0 Å². The number of aliphatic hydroxyl groups is 1. The van der Waals surface area contributed by atoms with Crippen molar-refractivity contribution in [2.75, 3.05) is 5.75 Å². The second kappa shape index (κ2) is 9.18. The standard InChI is InChI=1S/C22H17F6OS2/c23-21(24,25)20(29,22(26,27)28)15-30-16-11-13-19(14-12-16)31(17-7-3-1-4-8-17)18-9-5-2-6-10-18/h1-14,29H,15H2/q+1. The van der Waals surface area contributed by atoms with E-state index in [9.17, 15) is 31.4 Å². The van der Waals surface area contributed by atoms with E-state index in [-0.39, 0.29) is 4.90 Å². The molecule has 0 saturated carbocycles. The minimum atomic E-state index is -5.83. The van der Waals surface area contributed by atoms with Gasteiger partial charge in [0.15, 0.2) is 14.7 Å². The number of hydrogen-bond acceptors (Lipinski definition) is 2. The summed E-state index contributed by atoms with van der Waals surface area (Å²) in [7, 11) is -0.491. The van der Waals surface area contributed by atoms with Gasteiger partial charge in [-0.05, 0) is 48.5 Å². The molecule has 0 unspecified atom stereocenters. The number of alkyl halides is 6. The highest BCUT2D eigenvalue weighted by Gasteiger charge is 2.70. The molecule has 0 aromatic heterocycles. The zero-order valence-corrected chi connectivity index (χ0v) is 17.5. The predicted octanol–water partition coefficient (Wildman–Crippen LogP) is 6.73. The first-order valence-electron chi connectivity index (χ1n) is 8.96. The van der Waals surface area contributed by atoms with Crippen LogP contribution in [-0.2, 0) is 10.9 Å². The predicted molar refractivity (Wildman–Crippen MR) is 109 cm³/mol. The fraction of sp³-hybridized carbons (Fsp3) is 0.182. The monoisotopic (exact) mass is 475 g/mol. The molecule has 1 nitrogen and oxygen atoms in total. The molecule has 9 heteroatoms. The van der Waals surface area contributed by atoms with E-state index < -0.39 is 34.6 Å². The third-order valence-electron chi connectivity index (χ3n) is 4.40. The van der Waals surface area contributed by atoms with Crippen LogP contribution >= 0.6 is 11.8 Å². The van der Waals surface area contributed by atoms with Crippen LogP contribution < -0.4 is 0 Å². The Morgan fingerprint density at radius 1 is 0.613 bits per heavy atom.